The zero-order valence-electron chi connectivity index (χ0n) is 17.2. The molecule has 0 aliphatic rings. The van der Waals surface area contributed by atoms with E-state index in [1.165, 1.54) is 16.7 Å². The highest BCUT2D eigenvalue weighted by atomic mass is 16.5. The highest BCUT2D eigenvalue weighted by Gasteiger charge is 2.06. The Balaban J connectivity index is 1.43. The van der Waals surface area contributed by atoms with E-state index in [2.05, 4.69) is 42.6 Å². The van der Waals surface area contributed by atoms with Crippen molar-refractivity contribution in [2.24, 2.45) is 0 Å². The van der Waals surface area contributed by atoms with Gasteiger partial charge in [0, 0.05) is 6.54 Å². The molecule has 0 aromatic heterocycles. The van der Waals surface area contributed by atoms with Crippen LogP contribution in [0.3, 0.4) is 0 Å². The molecule has 0 heterocycles. The van der Waals surface area contributed by atoms with Gasteiger partial charge >= 0.3 is 0 Å². The van der Waals surface area contributed by atoms with E-state index in [1.807, 2.05) is 42.5 Å². The molecule has 4 nitrogen and oxygen atoms in total. The standard InChI is InChI=1S/C25H29NO3/c1-20-8-6-7-9-22(20)14-15-26-19-21-12-13-24(25(18-21)27-2)29-17-16-28-23-10-4-3-5-11-23/h3-13,18,26H,14-17,19H2,1-2H3. The maximum atomic E-state index is 5.83. The molecule has 0 amide bonds. The third-order valence-electron chi connectivity index (χ3n) is 4.74. The topological polar surface area (TPSA) is 39.7 Å². The lowest BCUT2D eigenvalue weighted by Gasteiger charge is -2.13. The molecule has 29 heavy (non-hydrogen) atoms. The van der Waals surface area contributed by atoms with Crippen molar-refractivity contribution in [3.05, 3.63) is 89.5 Å². The maximum Gasteiger partial charge on any atom is 0.161 e. The fraction of sp³-hybridized carbons (Fsp3) is 0.280. The van der Waals surface area contributed by atoms with Crippen molar-refractivity contribution >= 4 is 0 Å². The van der Waals surface area contributed by atoms with E-state index in [1.54, 1.807) is 7.11 Å². The molecule has 0 saturated heterocycles. The Labute approximate surface area is 173 Å². The van der Waals surface area contributed by atoms with Gasteiger partial charge < -0.3 is 19.5 Å². The van der Waals surface area contributed by atoms with Crippen LogP contribution in [-0.2, 0) is 13.0 Å². The Morgan fingerprint density at radius 3 is 2.34 bits per heavy atom. The highest BCUT2D eigenvalue weighted by molar-refractivity contribution is 5.43. The van der Waals surface area contributed by atoms with Crippen LogP contribution in [0.5, 0.6) is 17.2 Å². The predicted molar refractivity (Wildman–Crippen MR) is 117 cm³/mol. The minimum atomic E-state index is 0.458. The van der Waals surface area contributed by atoms with Crippen molar-refractivity contribution in [3.8, 4) is 17.2 Å². The molecule has 0 aliphatic heterocycles. The molecule has 3 rings (SSSR count). The second kappa shape index (κ2) is 11.1. The summed E-state index contributed by atoms with van der Waals surface area (Å²) in [5, 5.41) is 3.50. The van der Waals surface area contributed by atoms with Gasteiger partial charge in [-0.25, -0.2) is 0 Å². The van der Waals surface area contributed by atoms with E-state index in [-0.39, 0.29) is 0 Å². The van der Waals surface area contributed by atoms with Crippen LogP contribution in [0.15, 0.2) is 72.8 Å². The summed E-state index contributed by atoms with van der Waals surface area (Å²) < 4.78 is 17.0. The lowest BCUT2D eigenvalue weighted by atomic mass is 10.1. The molecule has 152 valence electrons. The average molecular weight is 392 g/mol. The molecular weight excluding hydrogens is 362 g/mol. The first-order valence-electron chi connectivity index (χ1n) is 9.99. The normalized spacial score (nSPS) is 10.6. The number of benzene rings is 3. The van der Waals surface area contributed by atoms with Crippen LogP contribution in [0.2, 0.25) is 0 Å². The van der Waals surface area contributed by atoms with Gasteiger partial charge in [-0.2, -0.15) is 0 Å². The first-order valence-corrected chi connectivity index (χ1v) is 9.99. The molecule has 0 aliphatic carbocycles. The zero-order valence-corrected chi connectivity index (χ0v) is 17.2. The molecule has 0 atom stereocenters. The van der Waals surface area contributed by atoms with E-state index in [9.17, 15) is 0 Å². The second-order valence-corrected chi connectivity index (χ2v) is 6.85. The smallest absolute Gasteiger partial charge is 0.161 e. The van der Waals surface area contributed by atoms with Crippen molar-refractivity contribution < 1.29 is 14.2 Å². The fourth-order valence-corrected chi connectivity index (χ4v) is 3.12. The molecule has 3 aromatic carbocycles. The van der Waals surface area contributed by atoms with Gasteiger partial charge in [-0.05, 0) is 60.8 Å². The van der Waals surface area contributed by atoms with Crippen molar-refractivity contribution in [1.82, 2.24) is 5.32 Å². The summed E-state index contributed by atoms with van der Waals surface area (Å²) >= 11 is 0. The SMILES string of the molecule is COc1cc(CNCCc2ccccc2C)ccc1OCCOc1ccccc1. The number of methoxy groups -OCH3 is 1. The van der Waals surface area contributed by atoms with Crippen molar-refractivity contribution in [2.75, 3.05) is 26.9 Å². The summed E-state index contributed by atoms with van der Waals surface area (Å²) in [5.74, 6) is 2.31. The Kier molecular flexibility index (Phi) is 7.96. The monoisotopic (exact) mass is 391 g/mol. The van der Waals surface area contributed by atoms with Gasteiger partial charge in [0.15, 0.2) is 11.5 Å². The Morgan fingerprint density at radius 2 is 1.55 bits per heavy atom. The van der Waals surface area contributed by atoms with Crippen LogP contribution >= 0.6 is 0 Å². The number of aryl methyl sites for hydroxylation is 1. The number of rotatable bonds is 11. The summed E-state index contributed by atoms with van der Waals surface area (Å²) in [7, 11) is 1.66. The Morgan fingerprint density at radius 1 is 0.793 bits per heavy atom. The highest BCUT2D eigenvalue weighted by Crippen LogP contribution is 2.28. The molecule has 1 N–H and O–H groups in total. The van der Waals surface area contributed by atoms with Gasteiger partial charge in [0.25, 0.3) is 0 Å². The zero-order chi connectivity index (χ0) is 20.3. The third-order valence-corrected chi connectivity index (χ3v) is 4.74. The molecular formula is C25H29NO3. The van der Waals surface area contributed by atoms with Gasteiger partial charge in [0.1, 0.15) is 19.0 Å². The quantitative estimate of drug-likeness (QED) is 0.477. The largest absolute Gasteiger partial charge is 0.493 e. The number of nitrogens with one attached hydrogen (secondary N) is 1. The first-order chi connectivity index (χ1) is 14.3. The van der Waals surface area contributed by atoms with E-state index in [4.69, 9.17) is 14.2 Å². The third kappa shape index (κ3) is 6.54. The number of ether oxygens (including phenoxy) is 3. The van der Waals surface area contributed by atoms with Gasteiger partial charge in [-0.3, -0.25) is 0 Å². The number of para-hydroxylation sites is 1. The molecule has 3 aromatic rings. The Hall–Kier alpha value is -2.98. The Bertz CT molecular complexity index is 880. The van der Waals surface area contributed by atoms with Crippen LogP contribution in [0.25, 0.3) is 0 Å². The van der Waals surface area contributed by atoms with E-state index < -0.39 is 0 Å². The summed E-state index contributed by atoms with van der Waals surface area (Å²) in [6.07, 6.45) is 1.02. The van der Waals surface area contributed by atoms with Crippen molar-refractivity contribution in [2.45, 2.75) is 19.9 Å². The number of hydrogen-bond acceptors (Lipinski definition) is 4. The van der Waals surface area contributed by atoms with Crippen LogP contribution in [0.4, 0.5) is 0 Å². The molecule has 0 spiro atoms. The van der Waals surface area contributed by atoms with Crippen LogP contribution in [0, 0.1) is 6.92 Å². The van der Waals surface area contributed by atoms with Crippen molar-refractivity contribution in [1.29, 1.82) is 0 Å². The molecule has 0 radical (unpaired) electrons. The average Bonchev–Trinajstić information content (AvgIpc) is 2.76. The summed E-state index contributed by atoms with van der Waals surface area (Å²) in [6.45, 7) is 4.82. The fourth-order valence-electron chi connectivity index (χ4n) is 3.12. The molecule has 0 bridgehead atoms. The van der Waals surface area contributed by atoms with Gasteiger partial charge in [-0.15, -0.1) is 0 Å². The molecule has 0 saturated carbocycles. The molecule has 0 fully saturated rings. The van der Waals surface area contributed by atoms with Crippen molar-refractivity contribution in [3.63, 3.8) is 0 Å². The van der Waals surface area contributed by atoms with E-state index in [0.29, 0.717) is 13.2 Å². The summed E-state index contributed by atoms with van der Waals surface area (Å²) in [5.41, 5.74) is 3.90. The first kappa shape index (κ1) is 20.7. The van der Waals surface area contributed by atoms with Crippen LogP contribution in [0.1, 0.15) is 16.7 Å². The summed E-state index contributed by atoms with van der Waals surface area (Å²) in [6, 6.07) is 24.3. The lowest BCUT2D eigenvalue weighted by molar-refractivity contribution is 0.211. The second-order valence-electron chi connectivity index (χ2n) is 6.85. The molecule has 0 unspecified atom stereocenters. The van der Waals surface area contributed by atoms with Gasteiger partial charge in [0.2, 0.25) is 0 Å². The van der Waals surface area contributed by atoms with E-state index >= 15 is 0 Å². The minimum absolute atomic E-state index is 0.458. The van der Waals surface area contributed by atoms with Crippen LogP contribution in [-0.4, -0.2) is 26.9 Å². The maximum absolute atomic E-state index is 5.83. The minimum Gasteiger partial charge on any atom is -0.493 e. The van der Waals surface area contributed by atoms with E-state index in [0.717, 1.165) is 36.8 Å². The lowest BCUT2D eigenvalue weighted by Crippen LogP contribution is -2.17. The van der Waals surface area contributed by atoms with Gasteiger partial charge in [-0.1, -0.05) is 48.5 Å². The molecule has 4 heteroatoms. The number of hydrogen-bond donors (Lipinski definition) is 1. The summed E-state index contributed by atoms with van der Waals surface area (Å²) in [4.78, 5) is 0. The van der Waals surface area contributed by atoms with Crippen LogP contribution < -0.4 is 19.5 Å². The predicted octanol–water partition coefficient (Wildman–Crippen LogP) is 4.79. The van der Waals surface area contributed by atoms with Gasteiger partial charge in [0.05, 0.1) is 7.11 Å².